The Labute approximate surface area is 108 Å². The lowest BCUT2D eigenvalue weighted by molar-refractivity contribution is 0.0480. The van der Waals surface area contributed by atoms with Crippen LogP contribution in [0.25, 0.3) is 0 Å². The van der Waals surface area contributed by atoms with E-state index in [9.17, 15) is 5.11 Å². The van der Waals surface area contributed by atoms with Crippen molar-refractivity contribution in [3.05, 3.63) is 65.7 Å². The summed E-state index contributed by atoms with van der Waals surface area (Å²) in [6.07, 6.45) is -0.902. The molecule has 0 saturated heterocycles. The fraction of sp³-hybridized carbons (Fsp3) is 0.250. The number of rotatable bonds is 4. The summed E-state index contributed by atoms with van der Waals surface area (Å²) in [6.45, 7) is 3.78. The Morgan fingerprint density at radius 2 is 1.56 bits per heavy atom. The van der Waals surface area contributed by atoms with E-state index in [0.29, 0.717) is 0 Å². The number of aryl methyl sites for hydroxylation is 1. The van der Waals surface area contributed by atoms with Crippen molar-refractivity contribution in [1.82, 2.24) is 0 Å². The molecule has 0 spiro atoms. The van der Waals surface area contributed by atoms with E-state index < -0.39 is 6.10 Å². The summed E-state index contributed by atoms with van der Waals surface area (Å²) in [5, 5.41) is 9.87. The molecule has 0 heterocycles. The lowest BCUT2D eigenvalue weighted by Gasteiger charge is -2.22. The fourth-order valence-corrected chi connectivity index (χ4v) is 1.85. The normalized spacial score (nSPS) is 13.9. The average molecular weight is 242 g/mol. The Bertz CT molecular complexity index is 474. The van der Waals surface area contributed by atoms with Gasteiger partial charge >= 0.3 is 0 Å². The number of hydrogen-bond acceptors (Lipinski definition) is 2. The first-order valence-electron chi connectivity index (χ1n) is 6.13. The Hall–Kier alpha value is -1.80. The molecule has 0 aliphatic heterocycles. The van der Waals surface area contributed by atoms with Crippen LogP contribution in [0.4, 0.5) is 0 Å². The smallest absolute Gasteiger partial charge is 0.149 e. The van der Waals surface area contributed by atoms with Gasteiger partial charge in [0.05, 0.1) is 6.10 Å². The van der Waals surface area contributed by atoms with E-state index in [2.05, 4.69) is 0 Å². The van der Waals surface area contributed by atoms with Crippen molar-refractivity contribution in [1.29, 1.82) is 0 Å². The molecule has 18 heavy (non-hydrogen) atoms. The number of benzene rings is 2. The molecule has 2 atom stereocenters. The zero-order valence-electron chi connectivity index (χ0n) is 10.7. The van der Waals surface area contributed by atoms with Gasteiger partial charge in [-0.15, -0.1) is 0 Å². The van der Waals surface area contributed by atoms with Crippen molar-refractivity contribution in [3.63, 3.8) is 0 Å². The topological polar surface area (TPSA) is 29.5 Å². The predicted molar refractivity (Wildman–Crippen MR) is 72.7 cm³/mol. The number of ether oxygens (including phenoxy) is 1. The summed E-state index contributed by atoms with van der Waals surface area (Å²) in [4.78, 5) is 0. The van der Waals surface area contributed by atoms with Gasteiger partial charge in [0.25, 0.3) is 0 Å². The van der Waals surface area contributed by atoms with Gasteiger partial charge in [-0.25, -0.2) is 0 Å². The Morgan fingerprint density at radius 3 is 2.11 bits per heavy atom. The van der Waals surface area contributed by atoms with Crippen molar-refractivity contribution >= 4 is 0 Å². The minimum Gasteiger partial charge on any atom is -0.483 e. The van der Waals surface area contributed by atoms with E-state index in [1.165, 1.54) is 5.56 Å². The van der Waals surface area contributed by atoms with Crippen molar-refractivity contribution in [2.45, 2.75) is 26.1 Å². The molecular formula is C16H18O2. The minimum atomic E-state index is -0.562. The van der Waals surface area contributed by atoms with Crippen molar-refractivity contribution in [2.75, 3.05) is 0 Å². The van der Waals surface area contributed by atoms with Crippen LogP contribution in [0, 0.1) is 6.92 Å². The van der Waals surface area contributed by atoms with E-state index in [4.69, 9.17) is 4.74 Å². The average Bonchev–Trinajstić information content (AvgIpc) is 2.38. The molecule has 2 rings (SSSR count). The van der Waals surface area contributed by atoms with Gasteiger partial charge < -0.3 is 9.84 Å². The first-order chi connectivity index (χ1) is 8.66. The number of hydrogen-bond donors (Lipinski definition) is 1. The predicted octanol–water partition coefficient (Wildman–Crippen LogP) is 3.50. The number of aliphatic hydroxyl groups excluding tert-OH is 1. The van der Waals surface area contributed by atoms with Gasteiger partial charge in [0.2, 0.25) is 0 Å². The van der Waals surface area contributed by atoms with Crippen LogP contribution < -0.4 is 4.74 Å². The van der Waals surface area contributed by atoms with Crippen LogP contribution in [0.3, 0.4) is 0 Å². The molecule has 0 aromatic heterocycles. The van der Waals surface area contributed by atoms with Gasteiger partial charge in [-0.1, -0.05) is 48.0 Å². The van der Waals surface area contributed by atoms with Crippen LogP contribution in [0.5, 0.6) is 5.75 Å². The SMILES string of the molecule is Cc1ccc(C(Oc2ccccc2)C(C)O)cc1. The van der Waals surface area contributed by atoms with Crippen molar-refractivity contribution in [3.8, 4) is 5.75 Å². The minimum absolute atomic E-state index is 0.340. The first kappa shape index (κ1) is 12.7. The van der Waals surface area contributed by atoms with Crippen molar-refractivity contribution < 1.29 is 9.84 Å². The highest BCUT2D eigenvalue weighted by atomic mass is 16.5. The molecule has 2 heteroatoms. The Morgan fingerprint density at radius 1 is 0.944 bits per heavy atom. The molecule has 2 aromatic rings. The van der Waals surface area contributed by atoms with Crippen LogP contribution in [0.15, 0.2) is 54.6 Å². The lowest BCUT2D eigenvalue weighted by atomic mass is 10.0. The molecule has 2 nitrogen and oxygen atoms in total. The first-order valence-corrected chi connectivity index (χ1v) is 6.13. The summed E-state index contributed by atoms with van der Waals surface area (Å²) in [6, 6.07) is 17.6. The summed E-state index contributed by atoms with van der Waals surface area (Å²) < 4.78 is 5.85. The maximum atomic E-state index is 9.87. The third kappa shape index (κ3) is 3.11. The third-order valence-electron chi connectivity index (χ3n) is 2.85. The molecule has 2 unspecified atom stereocenters. The molecule has 0 bridgehead atoms. The molecule has 0 aliphatic carbocycles. The van der Waals surface area contributed by atoms with Crippen LogP contribution in [0.1, 0.15) is 24.2 Å². The van der Waals surface area contributed by atoms with E-state index in [-0.39, 0.29) is 6.10 Å². The highest BCUT2D eigenvalue weighted by molar-refractivity contribution is 5.27. The monoisotopic (exact) mass is 242 g/mol. The largest absolute Gasteiger partial charge is 0.483 e. The standard InChI is InChI=1S/C16H18O2/c1-12-8-10-14(11-9-12)16(13(2)17)18-15-6-4-3-5-7-15/h3-11,13,16-17H,1-2H3. The maximum absolute atomic E-state index is 9.87. The highest BCUT2D eigenvalue weighted by Crippen LogP contribution is 2.25. The zero-order valence-corrected chi connectivity index (χ0v) is 10.7. The van der Waals surface area contributed by atoms with Crippen molar-refractivity contribution in [2.24, 2.45) is 0 Å². The van der Waals surface area contributed by atoms with E-state index in [0.717, 1.165) is 11.3 Å². The molecule has 0 amide bonds. The van der Waals surface area contributed by atoms with Crippen LogP contribution in [-0.4, -0.2) is 11.2 Å². The number of para-hydroxylation sites is 1. The van der Waals surface area contributed by atoms with Gasteiger partial charge in [-0.3, -0.25) is 0 Å². The molecule has 0 radical (unpaired) electrons. The fourth-order valence-electron chi connectivity index (χ4n) is 1.85. The van der Waals surface area contributed by atoms with Crippen LogP contribution in [-0.2, 0) is 0 Å². The van der Waals surface area contributed by atoms with Crippen LogP contribution in [0.2, 0.25) is 0 Å². The van der Waals surface area contributed by atoms with Gasteiger partial charge in [0.1, 0.15) is 11.9 Å². The van der Waals surface area contributed by atoms with E-state index >= 15 is 0 Å². The quantitative estimate of drug-likeness (QED) is 0.889. The molecule has 0 fully saturated rings. The third-order valence-corrected chi connectivity index (χ3v) is 2.85. The summed E-state index contributed by atoms with van der Waals surface area (Å²) >= 11 is 0. The van der Waals surface area contributed by atoms with Gasteiger partial charge in [0.15, 0.2) is 0 Å². The second-order valence-electron chi connectivity index (χ2n) is 4.50. The Kier molecular flexibility index (Phi) is 4.00. The molecule has 2 aromatic carbocycles. The molecular weight excluding hydrogens is 224 g/mol. The Balaban J connectivity index is 2.21. The number of aliphatic hydroxyl groups is 1. The van der Waals surface area contributed by atoms with E-state index in [1.807, 2.05) is 61.5 Å². The summed E-state index contributed by atoms with van der Waals surface area (Å²) in [5.41, 5.74) is 2.18. The van der Waals surface area contributed by atoms with E-state index in [1.54, 1.807) is 6.92 Å². The lowest BCUT2D eigenvalue weighted by Crippen LogP contribution is -2.20. The maximum Gasteiger partial charge on any atom is 0.149 e. The summed E-state index contributed by atoms with van der Waals surface area (Å²) in [7, 11) is 0. The molecule has 94 valence electrons. The van der Waals surface area contributed by atoms with Gasteiger partial charge in [-0.05, 0) is 31.5 Å². The molecule has 1 N–H and O–H groups in total. The van der Waals surface area contributed by atoms with Gasteiger partial charge in [0, 0.05) is 0 Å². The molecule has 0 saturated carbocycles. The van der Waals surface area contributed by atoms with Crippen LogP contribution >= 0.6 is 0 Å². The van der Waals surface area contributed by atoms with Gasteiger partial charge in [-0.2, -0.15) is 0 Å². The summed E-state index contributed by atoms with van der Waals surface area (Å²) in [5.74, 6) is 0.768. The second kappa shape index (κ2) is 5.69. The second-order valence-corrected chi connectivity index (χ2v) is 4.50. The molecule has 0 aliphatic rings. The zero-order chi connectivity index (χ0) is 13.0. The highest BCUT2D eigenvalue weighted by Gasteiger charge is 2.19.